The summed E-state index contributed by atoms with van der Waals surface area (Å²) < 4.78 is 5.00. The van der Waals surface area contributed by atoms with Gasteiger partial charge in [0, 0.05) is 7.05 Å². The molecule has 5 nitrogen and oxygen atoms in total. The number of nitrogens with two attached hydrogens (primary N) is 1. The quantitative estimate of drug-likeness (QED) is 0.333. The number of nitrogens with one attached hydrogen (secondary N) is 1. The van der Waals surface area contributed by atoms with E-state index in [0.29, 0.717) is 0 Å². The van der Waals surface area contributed by atoms with Crippen LogP contribution in [0.5, 0.6) is 0 Å². The third kappa shape index (κ3) is 2.67. The van der Waals surface area contributed by atoms with Crippen molar-refractivity contribution < 1.29 is 9.53 Å². The molecule has 1 aliphatic heterocycles. The molecular formula is C7H15N3O2. The lowest BCUT2D eigenvalue weighted by Crippen LogP contribution is -2.43. The van der Waals surface area contributed by atoms with Gasteiger partial charge in [-0.3, -0.25) is 5.32 Å². The fourth-order valence-electron chi connectivity index (χ4n) is 1.13. The third-order valence-corrected chi connectivity index (χ3v) is 1.80. The van der Waals surface area contributed by atoms with Gasteiger partial charge in [0.2, 0.25) is 0 Å². The Morgan fingerprint density at radius 2 is 2.42 bits per heavy atom. The highest BCUT2D eigenvalue weighted by molar-refractivity contribution is 5.66. The molecule has 1 aliphatic rings. The highest BCUT2D eigenvalue weighted by Crippen LogP contribution is 2.08. The maximum absolute atomic E-state index is 10.9. The molecule has 1 fully saturated rings. The summed E-state index contributed by atoms with van der Waals surface area (Å²) in [6.07, 6.45) is 2.47. The Kier molecular flexibility index (Phi) is 3.31. The first kappa shape index (κ1) is 9.28. The molecule has 1 amide bonds. The highest BCUT2D eigenvalue weighted by Gasteiger charge is 2.17. The Labute approximate surface area is 71.8 Å². The minimum Gasteiger partial charge on any atom is -0.429 e. The summed E-state index contributed by atoms with van der Waals surface area (Å²) in [5, 5.41) is 4.02. The van der Waals surface area contributed by atoms with Crippen LogP contribution in [0.3, 0.4) is 0 Å². The van der Waals surface area contributed by atoms with E-state index in [1.807, 2.05) is 0 Å². The number of carbonyl (C=O) groups is 1. The molecule has 0 bridgehead atoms. The van der Waals surface area contributed by atoms with Gasteiger partial charge in [-0.2, -0.15) is 0 Å². The van der Waals surface area contributed by atoms with Crippen molar-refractivity contribution in [2.45, 2.75) is 25.5 Å². The zero-order valence-corrected chi connectivity index (χ0v) is 7.25. The van der Waals surface area contributed by atoms with Crippen LogP contribution < -0.4 is 11.2 Å². The molecule has 3 N–H and O–H groups in total. The molecule has 1 saturated heterocycles. The minimum absolute atomic E-state index is 0.155. The van der Waals surface area contributed by atoms with E-state index in [0.717, 1.165) is 30.8 Å². The van der Waals surface area contributed by atoms with Crippen molar-refractivity contribution in [1.29, 1.82) is 0 Å². The molecule has 0 radical (unpaired) electrons. The van der Waals surface area contributed by atoms with Crippen LogP contribution in [0, 0.1) is 0 Å². The average molecular weight is 173 g/mol. The van der Waals surface area contributed by atoms with E-state index < -0.39 is 6.09 Å². The first-order valence-electron chi connectivity index (χ1n) is 4.12. The SMILES string of the molecule is CN(N)C(=O)OC1CCCCN1. The number of ether oxygens (including phenoxy) is 1. The van der Waals surface area contributed by atoms with Crippen molar-refractivity contribution in [2.75, 3.05) is 13.6 Å². The monoisotopic (exact) mass is 173 g/mol. The van der Waals surface area contributed by atoms with Crippen molar-refractivity contribution in [3.05, 3.63) is 0 Å². The number of hydrogen-bond donors (Lipinski definition) is 2. The summed E-state index contributed by atoms with van der Waals surface area (Å²) in [7, 11) is 1.46. The number of nitrogens with zero attached hydrogens (tertiary/aromatic N) is 1. The van der Waals surface area contributed by atoms with Gasteiger partial charge in [0.05, 0.1) is 0 Å². The molecule has 0 aromatic carbocycles. The van der Waals surface area contributed by atoms with Gasteiger partial charge in [-0.05, 0) is 25.8 Å². The van der Waals surface area contributed by atoms with Gasteiger partial charge in [0.25, 0.3) is 0 Å². The fraction of sp³-hybridized carbons (Fsp3) is 0.857. The number of hydrogen-bond acceptors (Lipinski definition) is 4. The Morgan fingerprint density at radius 1 is 1.67 bits per heavy atom. The summed E-state index contributed by atoms with van der Waals surface area (Å²) in [5.74, 6) is 5.18. The summed E-state index contributed by atoms with van der Waals surface area (Å²) in [6.45, 7) is 0.909. The highest BCUT2D eigenvalue weighted by atomic mass is 16.6. The number of rotatable bonds is 1. The lowest BCUT2D eigenvalue weighted by Gasteiger charge is -2.24. The Bertz CT molecular complexity index is 155. The van der Waals surface area contributed by atoms with E-state index in [1.54, 1.807) is 0 Å². The summed E-state index contributed by atoms with van der Waals surface area (Å²) in [6, 6.07) is 0. The zero-order chi connectivity index (χ0) is 8.97. The van der Waals surface area contributed by atoms with Crippen molar-refractivity contribution in [3.63, 3.8) is 0 Å². The maximum Gasteiger partial charge on any atom is 0.425 e. The summed E-state index contributed by atoms with van der Waals surface area (Å²) >= 11 is 0. The Hall–Kier alpha value is -0.810. The first-order chi connectivity index (χ1) is 5.70. The number of carbonyl (C=O) groups excluding carboxylic acids is 1. The number of piperidine rings is 1. The van der Waals surface area contributed by atoms with E-state index in [4.69, 9.17) is 10.6 Å². The van der Waals surface area contributed by atoms with Gasteiger partial charge in [-0.1, -0.05) is 0 Å². The average Bonchev–Trinajstić information content (AvgIpc) is 2.06. The summed E-state index contributed by atoms with van der Waals surface area (Å²) in [4.78, 5) is 10.9. The zero-order valence-electron chi connectivity index (χ0n) is 7.25. The van der Waals surface area contributed by atoms with Crippen molar-refractivity contribution in [3.8, 4) is 0 Å². The standard InChI is InChI=1S/C7H15N3O2/c1-10(8)7(11)12-6-4-2-3-5-9-6/h6,9H,2-5,8H2,1H3. The molecule has 5 heteroatoms. The molecule has 1 atom stereocenters. The predicted octanol–water partition coefficient (Wildman–Crippen LogP) is 0.0281. The van der Waals surface area contributed by atoms with E-state index in [2.05, 4.69) is 5.32 Å². The minimum atomic E-state index is -0.491. The smallest absolute Gasteiger partial charge is 0.425 e. The van der Waals surface area contributed by atoms with Crippen LogP contribution in [-0.4, -0.2) is 30.9 Å². The van der Waals surface area contributed by atoms with E-state index in [1.165, 1.54) is 7.05 Å². The molecule has 1 rings (SSSR count). The second kappa shape index (κ2) is 4.27. The maximum atomic E-state index is 10.9. The Balaban J connectivity index is 2.24. The van der Waals surface area contributed by atoms with Crippen molar-refractivity contribution in [2.24, 2.45) is 5.84 Å². The molecule has 0 spiro atoms. The predicted molar refractivity (Wildman–Crippen MR) is 44.1 cm³/mol. The van der Waals surface area contributed by atoms with E-state index in [9.17, 15) is 4.79 Å². The van der Waals surface area contributed by atoms with Gasteiger partial charge >= 0.3 is 6.09 Å². The van der Waals surface area contributed by atoms with Crippen LogP contribution in [0.4, 0.5) is 4.79 Å². The number of amides is 1. The molecule has 0 aromatic rings. The van der Waals surface area contributed by atoms with Crippen LogP contribution in [0.1, 0.15) is 19.3 Å². The normalized spacial score (nSPS) is 23.3. The van der Waals surface area contributed by atoms with E-state index >= 15 is 0 Å². The summed E-state index contributed by atoms with van der Waals surface area (Å²) in [5.41, 5.74) is 0. The molecular weight excluding hydrogens is 158 g/mol. The molecule has 0 aromatic heterocycles. The van der Waals surface area contributed by atoms with Crippen molar-refractivity contribution in [1.82, 2.24) is 10.3 Å². The van der Waals surface area contributed by atoms with Crippen LogP contribution in [0.25, 0.3) is 0 Å². The number of hydrazine groups is 1. The van der Waals surface area contributed by atoms with Crippen LogP contribution in [0.15, 0.2) is 0 Å². The van der Waals surface area contributed by atoms with Crippen molar-refractivity contribution >= 4 is 6.09 Å². The largest absolute Gasteiger partial charge is 0.429 e. The first-order valence-corrected chi connectivity index (χ1v) is 4.12. The van der Waals surface area contributed by atoms with Crippen LogP contribution in [-0.2, 0) is 4.74 Å². The van der Waals surface area contributed by atoms with E-state index in [-0.39, 0.29) is 6.23 Å². The van der Waals surface area contributed by atoms with Crippen LogP contribution >= 0.6 is 0 Å². The molecule has 0 saturated carbocycles. The lowest BCUT2D eigenvalue weighted by atomic mass is 10.1. The van der Waals surface area contributed by atoms with Gasteiger partial charge in [-0.25, -0.2) is 15.6 Å². The van der Waals surface area contributed by atoms with Gasteiger partial charge in [0.15, 0.2) is 6.23 Å². The third-order valence-electron chi connectivity index (χ3n) is 1.80. The molecule has 70 valence electrons. The van der Waals surface area contributed by atoms with Crippen LogP contribution in [0.2, 0.25) is 0 Å². The van der Waals surface area contributed by atoms with Gasteiger partial charge in [-0.15, -0.1) is 0 Å². The lowest BCUT2D eigenvalue weighted by molar-refractivity contribution is 0.0391. The van der Waals surface area contributed by atoms with Gasteiger partial charge in [0.1, 0.15) is 0 Å². The second-order valence-electron chi connectivity index (χ2n) is 2.93. The van der Waals surface area contributed by atoms with Gasteiger partial charge < -0.3 is 4.74 Å². The fourth-order valence-corrected chi connectivity index (χ4v) is 1.13. The topological polar surface area (TPSA) is 67.6 Å². The molecule has 1 heterocycles. The second-order valence-corrected chi connectivity index (χ2v) is 2.93. The Morgan fingerprint density at radius 3 is 2.92 bits per heavy atom. The molecule has 12 heavy (non-hydrogen) atoms. The molecule has 1 unspecified atom stereocenters. The molecule has 0 aliphatic carbocycles.